The van der Waals surface area contributed by atoms with Crippen molar-refractivity contribution < 1.29 is 19.4 Å². The predicted molar refractivity (Wildman–Crippen MR) is 116 cm³/mol. The van der Waals surface area contributed by atoms with Crippen molar-refractivity contribution in [2.75, 3.05) is 19.2 Å². The van der Waals surface area contributed by atoms with E-state index in [1.807, 2.05) is 65.7 Å². The van der Waals surface area contributed by atoms with Gasteiger partial charge in [0.15, 0.2) is 0 Å². The van der Waals surface area contributed by atoms with Gasteiger partial charge in [-0.25, -0.2) is 4.79 Å². The highest BCUT2D eigenvalue weighted by atomic mass is 16.5. The molecule has 4 rings (SSSR count). The number of hydrazone groups is 1. The minimum Gasteiger partial charge on any atom is -0.497 e. The molecule has 3 aromatic rings. The molecule has 3 aromatic carbocycles. The fourth-order valence-electron chi connectivity index (χ4n) is 3.55. The van der Waals surface area contributed by atoms with Crippen molar-refractivity contribution in [1.82, 2.24) is 0 Å². The van der Waals surface area contributed by atoms with E-state index in [4.69, 9.17) is 19.7 Å². The second kappa shape index (κ2) is 8.29. The minimum absolute atomic E-state index is 0.0125. The lowest BCUT2D eigenvalue weighted by Gasteiger charge is -2.24. The molecule has 6 heteroatoms. The Balaban J connectivity index is 1.70. The first-order valence-corrected chi connectivity index (χ1v) is 9.57. The zero-order valence-corrected chi connectivity index (χ0v) is 16.8. The van der Waals surface area contributed by atoms with Crippen LogP contribution in [0.4, 0.5) is 5.69 Å². The molecule has 30 heavy (non-hydrogen) atoms. The van der Waals surface area contributed by atoms with Crippen LogP contribution in [0.3, 0.4) is 0 Å². The summed E-state index contributed by atoms with van der Waals surface area (Å²) in [7, 11) is 3.29. The Bertz CT molecular complexity index is 1060. The van der Waals surface area contributed by atoms with Gasteiger partial charge in [-0.15, -0.1) is 0 Å². The fraction of sp³-hybridized carbons (Fsp3) is 0.167. The van der Waals surface area contributed by atoms with Crippen molar-refractivity contribution in [3.8, 4) is 11.5 Å². The lowest BCUT2D eigenvalue weighted by molar-refractivity contribution is 0.0697. The maximum Gasteiger partial charge on any atom is 0.335 e. The summed E-state index contributed by atoms with van der Waals surface area (Å²) in [6.07, 6.45) is 0.699. The van der Waals surface area contributed by atoms with Gasteiger partial charge in [-0.1, -0.05) is 24.3 Å². The topological polar surface area (TPSA) is 71.4 Å². The van der Waals surface area contributed by atoms with E-state index in [-0.39, 0.29) is 11.6 Å². The van der Waals surface area contributed by atoms with Crippen LogP contribution >= 0.6 is 0 Å². The Hall–Kier alpha value is -3.80. The maximum absolute atomic E-state index is 11.2. The molecule has 1 unspecified atom stereocenters. The molecule has 0 radical (unpaired) electrons. The molecule has 152 valence electrons. The molecule has 0 fully saturated rings. The third kappa shape index (κ3) is 3.85. The van der Waals surface area contributed by atoms with Crippen LogP contribution in [0.2, 0.25) is 0 Å². The number of ether oxygens (including phenoxy) is 2. The normalized spacial score (nSPS) is 15.6. The molecule has 1 aliphatic heterocycles. The summed E-state index contributed by atoms with van der Waals surface area (Å²) in [6, 6.07) is 22.6. The van der Waals surface area contributed by atoms with Gasteiger partial charge in [0, 0.05) is 6.42 Å². The van der Waals surface area contributed by atoms with Gasteiger partial charge in [0.25, 0.3) is 0 Å². The third-order valence-electron chi connectivity index (χ3n) is 5.21. The number of benzene rings is 3. The highest BCUT2D eigenvalue weighted by Gasteiger charge is 2.30. The summed E-state index contributed by atoms with van der Waals surface area (Å²) in [5.41, 5.74) is 4.15. The molecule has 0 saturated heterocycles. The van der Waals surface area contributed by atoms with Crippen molar-refractivity contribution in [3.05, 3.63) is 89.5 Å². The number of hydrogen-bond acceptors (Lipinski definition) is 5. The van der Waals surface area contributed by atoms with Crippen LogP contribution in [-0.4, -0.2) is 31.0 Å². The number of hydrogen-bond donors (Lipinski definition) is 1. The largest absolute Gasteiger partial charge is 0.497 e. The van der Waals surface area contributed by atoms with Gasteiger partial charge in [-0.2, -0.15) is 5.10 Å². The second-order valence-corrected chi connectivity index (χ2v) is 6.96. The number of nitrogens with zero attached hydrogens (tertiary/aromatic N) is 2. The Morgan fingerprint density at radius 3 is 2.00 bits per heavy atom. The number of anilines is 1. The Labute approximate surface area is 175 Å². The van der Waals surface area contributed by atoms with Crippen LogP contribution in [-0.2, 0) is 0 Å². The Morgan fingerprint density at radius 1 is 0.900 bits per heavy atom. The van der Waals surface area contributed by atoms with Gasteiger partial charge >= 0.3 is 5.97 Å². The van der Waals surface area contributed by atoms with Gasteiger partial charge in [0.2, 0.25) is 0 Å². The van der Waals surface area contributed by atoms with Crippen molar-refractivity contribution in [2.45, 2.75) is 12.5 Å². The van der Waals surface area contributed by atoms with Crippen LogP contribution < -0.4 is 14.5 Å². The lowest BCUT2D eigenvalue weighted by Crippen LogP contribution is -2.18. The number of carbonyl (C=O) groups is 1. The van der Waals surface area contributed by atoms with E-state index in [9.17, 15) is 4.79 Å². The van der Waals surface area contributed by atoms with E-state index in [0.717, 1.165) is 34.0 Å². The lowest BCUT2D eigenvalue weighted by atomic mass is 9.97. The zero-order valence-electron chi connectivity index (χ0n) is 16.8. The summed E-state index contributed by atoms with van der Waals surface area (Å²) in [5, 5.41) is 16.0. The summed E-state index contributed by atoms with van der Waals surface area (Å²) >= 11 is 0. The molecule has 0 bridgehead atoms. The first-order chi connectivity index (χ1) is 14.6. The minimum atomic E-state index is -0.939. The zero-order chi connectivity index (χ0) is 21.1. The number of carboxylic acid groups (broad SMARTS) is 1. The SMILES string of the molecule is COc1ccc(C2CC(c3ccc(C(=O)O)cc3)=NN2c2ccc(OC)cc2)cc1. The van der Waals surface area contributed by atoms with E-state index in [0.29, 0.717) is 6.42 Å². The van der Waals surface area contributed by atoms with Gasteiger partial charge in [-0.05, 0) is 59.7 Å². The summed E-state index contributed by atoms with van der Waals surface area (Å²) in [5.74, 6) is 0.649. The molecule has 1 N–H and O–H groups in total. The average molecular weight is 402 g/mol. The highest BCUT2D eigenvalue weighted by molar-refractivity contribution is 6.04. The molecule has 0 saturated carbocycles. The molecular weight excluding hydrogens is 380 g/mol. The van der Waals surface area contributed by atoms with Crippen LogP contribution in [0.25, 0.3) is 0 Å². The first-order valence-electron chi connectivity index (χ1n) is 9.57. The van der Waals surface area contributed by atoms with E-state index < -0.39 is 5.97 Å². The Kier molecular flexibility index (Phi) is 5.39. The fourth-order valence-corrected chi connectivity index (χ4v) is 3.55. The molecule has 6 nitrogen and oxygen atoms in total. The van der Waals surface area contributed by atoms with Crippen molar-refractivity contribution in [3.63, 3.8) is 0 Å². The highest BCUT2D eigenvalue weighted by Crippen LogP contribution is 2.37. The summed E-state index contributed by atoms with van der Waals surface area (Å²) < 4.78 is 10.6. The van der Waals surface area contributed by atoms with Gasteiger partial charge in [-0.3, -0.25) is 5.01 Å². The predicted octanol–water partition coefficient (Wildman–Crippen LogP) is 4.76. The number of rotatable bonds is 6. The molecule has 0 aromatic heterocycles. The average Bonchev–Trinajstić information content (AvgIpc) is 3.24. The van der Waals surface area contributed by atoms with Crippen molar-refractivity contribution >= 4 is 17.4 Å². The van der Waals surface area contributed by atoms with E-state index >= 15 is 0 Å². The smallest absolute Gasteiger partial charge is 0.335 e. The van der Waals surface area contributed by atoms with E-state index in [1.54, 1.807) is 26.4 Å². The van der Waals surface area contributed by atoms with Crippen LogP contribution in [0.15, 0.2) is 77.9 Å². The Morgan fingerprint density at radius 2 is 1.47 bits per heavy atom. The van der Waals surface area contributed by atoms with Crippen LogP contribution in [0.5, 0.6) is 11.5 Å². The maximum atomic E-state index is 11.2. The monoisotopic (exact) mass is 402 g/mol. The number of aromatic carboxylic acids is 1. The van der Waals surface area contributed by atoms with Crippen molar-refractivity contribution in [2.24, 2.45) is 5.10 Å². The van der Waals surface area contributed by atoms with Crippen molar-refractivity contribution in [1.29, 1.82) is 0 Å². The van der Waals surface area contributed by atoms with Crippen LogP contribution in [0, 0.1) is 0 Å². The summed E-state index contributed by atoms with van der Waals surface area (Å²) in [4.78, 5) is 11.2. The molecule has 1 atom stereocenters. The quantitative estimate of drug-likeness (QED) is 0.644. The molecule has 1 aliphatic rings. The molecular formula is C24H22N2O4. The van der Waals surface area contributed by atoms with Crippen LogP contribution in [0.1, 0.15) is 33.9 Å². The third-order valence-corrected chi connectivity index (χ3v) is 5.21. The number of methoxy groups -OCH3 is 2. The summed E-state index contributed by atoms with van der Waals surface area (Å²) in [6.45, 7) is 0. The number of carboxylic acids is 1. The standard InChI is InChI=1S/C24H22N2O4/c1-29-20-11-7-17(8-12-20)23-15-22(16-3-5-18(6-4-16)24(27)28)25-26(23)19-9-13-21(30-2)14-10-19/h3-14,23H,15H2,1-2H3,(H,27,28). The molecule has 0 spiro atoms. The van der Waals surface area contributed by atoms with E-state index in [2.05, 4.69) is 0 Å². The second-order valence-electron chi connectivity index (χ2n) is 6.96. The first kappa shape index (κ1) is 19.5. The van der Waals surface area contributed by atoms with Gasteiger partial charge in [0.05, 0.1) is 37.2 Å². The molecule has 1 heterocycles. The molecule has 0 aliphatic carbocycles. The van der Waals surface area contributed by atoms with E-state index in [1.165, 1.54) is 0 Å². The van der Waals surface area contributed by atoms with Gasteiger partial charge < -0.3 is 14.6 Å². The molecule has 0 amide bonds. The van der Waals surface area contributed by atoms with Gasteiger partial charge in [0.1, 0.15) is 11.5 Å².